The van der Waals surface area contributed by atoms with Gasteiger partial charge in [-0.2, -0.15) is 0 Å². The Morgan fingerprint density at radius 2 is 2.16 bits per heavy atom. The Kier molecular flexibility index (Phi) is 5.87. The van der Waals surface area contributed by atoms with Crippen molar-refractivity contribution in [2.24, 2.45) is 17.6 Å². The van der Waals surface area contributed by atoms with Crippen LogP contribution in [0, 0.1) is 11.8 Å². The van der Waals surface area contributed by atoms with Crippen LogP contribution in [0.25, 0.3) is 0 Å². The number of rotatable bonds is 5. The first-order valence-electron chi connectivity index (χ1n) is 11.0. The van der Waals surface area contributed by atoms with Gasteiger partial charge in [-0.15, -0.1) is 0 Å². The van der Waals surface area contributed by atoms with Crippen molar-refractivity contribution in [2.75, 3.05) is 20.2 Å². The molecule has 1 aromatic carbocycles. The second kappa shape index (κ2) is 8.31. The summed E-state index contributed by atoms with van der Waals surface area (Å²) in [7, 11) is 1.64. The molecule has 1 amide bonds. The van der Waals surface area contributed by atoms with Gasteiger partial charge in [0, 0.05) is 43.0 Å². The molecule has 2 saturated heterocycles. The van der Waals surface area contributed by atoms with Gasteiger partial charge >= 0.3 is 5.97 Å². The molecule has 3 heterocycles. The van der Waals surface area contributed by atoms with Crippen LogP contribution in [-0.2, 0) is 14.3 Å². The number of carboxylic acids is 1. The van der Waals surface area contributed by atoms with E-state index in [1.807, 2.05) is 18.2 Å². The number of nitrogens with two attached hydrogens (primary N) is 1. The number of likely N-dealkylation sites (tertiary alicyclic amines) is 1. The van der Waals surface area contributed by atoms with Gasteiger partial charge in [0.25, 0.3) is 0 Å². The van der Waals surface area contributed by atoms with Gasteiger partial charge in [-0.05, 0) is 45.2 Å². The highest BCUT2D eigenvalue weighted by molar-refractivity contribution is 5.82. The Bertz CT molecular complexity index is 856. The lowest BCUT2D eigenvalue weighted by atomic mass is 9.70. The van der Waals surface area contributed by atoms with Crippen LogP contribution in [0.3, 0.4) is 0 Å². The van der Waals surface area contributed by atoms with Gasteiger partial charge in [-0.25, -0.2) is 0 Å². The number of carbonyl (C=O) groups excluding carboxylic acids is 1. The molecule has 8 heteroatoms. The molecule has 0 aliphatic carbocycles. The molecular formula is C23H32N2O6. The fraction of sp³-hybridized carbons (Fsp3) is 0.652. The van der Waals surface area contributed by atoms with Crippen LogP contribution in [0.2, 0.25) is 0 Å². The summed E-state index contributed by atoms with van der Waals surface area (Å²) in [5.41, 5.74) is 6.61. The lowest BCUT2D eigenvalue weighted by molar-refractivity contribution is -0.189. The average molecular weight is 433 g/mol. The van der Waals surface area contributed by atoms with E-state index in [0.717, 1.165) is 29.9 Å². The molecule has 0 spiro atoms. The number of carboxylic acid groups (broad SMARTS) is 1. The lowest BCUT2D eigenvalue weighted by Crippen LogP contribution is -2.57. The summed E-state index contributed by atoms with van der Waals surface area (Å²) in [4.78, 5) is 25.3. The number of ether oxygens (including phenoxy) is 3. The summed E-state index contributed by atoms with van der Waals surface area (Å²) in [6.07, 6.45) is 1.71. The van der Waals surface area contributed by atoms with Gasteiger partial charge in [-0.3, -0.25) is 9.59 Å². The number of methoxy groups -OCH3 is 1. The van der Waals surface area contributed by atoms with Gasteiger partial charge in [0.2, 0.25) is 5.91 Å². The van der Waals surface area contributed by atoms with Crippen molar-refractivity contribution in [3.05, 3.63) is 23.8 Å². The van der Waals surface area contributed by atoms with E-state index in [0.29, 0.717) is 13.1 Å². The quantitative estimate of drug-likeness (QED) is 0.735. The summed E-state index contributed by atoms with van der Waals surface area (Å²) in [6, 6.07) is 5.11. The molecule has 3 N–H and O–H groups in total. The molecule has 8 nitrogen and oxygen atoms in total. The molecule has 5 atom stereocenters. The number of benzene rings is 1. The Morgan fingerprint density at radius 1 is 1.39 bits per heavy atom. The summed E-state index contributed by atoms with van der Waals surface area (Å²) in [6.45, 7) is 5.33. The second-order valence-corrected chi connectivity index (χ2v) is 9.42. The highest BCUT2D eigenvalue weighted by atomic mass is 16.5. The normalized spacial score (nSPS) is 29.6. The zero-order valence-corrected chi connectivity index (χ0v) is 18.4. The zero-order chi connectivity index (χ0) is 22.3. The number of carbonyl (C=O) groups is 2. The first kappa shape index (κ1) is 21.9. The van der Waals surface area contributed by atoms with Crippen molar-refractivity contribution >= 4 is 11.9 Å². The molecule has 0 bridgehead atoms. The van der Waals surface area contributed by atoms with E-state index in [9.17, 15) is 9.59 Å². The standard InChI is InChI=1S/C23H32N2O6/c1-23(2)16-10-13-12-25(22(28)17(24)6-7-20(26)27)9-8-18(13)30-21(16)15-5-4-14(29-3)11-19(15)31-23/h4-5,11,13,16-18,21H,6-10,12,24H2,1-3H3,(H,26,27)/t13-,16+,17-,18+,21-/m0/s1. The lowest BCUT2D eigenvalue weighted by Gasteiger charge is -2.53. The van der Waals surface area contributed by atoms with Crippen molar-refractivity contribution in [3.8, 4) is 11.5 Å². The third-order valence-electron chi connectivity index (χ3n) is 7.00. The van der Waals surface area contributed by atoms with E-state index in [2.05, 4.69) is 13.8 Å². The van der Waals surface area contributed by atoms with Crippen molar-refractivity contribution < 1.29 is 28.9 Å². The molecule has 170 valence electrons. The summed E-state index contributed by atoms with van der Waals surface area (Å²) < 4.78 is 18.3. The third kappa shape index (κ3) is 4.23. The minimum Gasteiger partial charge on any atom is -0.497 e. The summed E-state index contributed by atoms with van der Waals surface area (Å²) >= 11 is 0. The molecule has 0 radical (unpaired) electrons. The number of hydrogen-bond acceptors (Lipinski definition) is 6. The van der Waals surface area contributed by atoms with Crippen molar-refractivity contribution in [1.29, 1.82) is 0 Å². The first-order chi connectivity index (χ1) is 14.7. The van der Waals surface area contributed by atoms with Crippen LogP contribution in [-0.4, -0.2) is 59.8 Å². The van der Waals surface area contributed by atoms with E-state index in [1.165, 1.54) is 0 Å². The maximum atomic E-state index is 12.7. The number of nitrogens with zero attached hydrogens (tertiary/aromatic N) is 1. The van der Waals surface area contributed by atoms with E-state index < -0.39 is 17.6 Å². The SMILES string of the molecule is COc1ccc2c(c1)OC(C)(C)[C@@H]1C[C@H]3CN(C(=O)[C@@H](N)CCC(=O)O)CC[C@H]3O[C@@H]21. The Labute approximate surface area is 182 Å². The van der Waals surface area contributed by atoms with Crippen LogP contribution in [0.4, 0.5) is 0 Å². The maximum Gasteiger partial charge on any atom is 0.303 e. The highest BCUT2D eigenvalue weighted by Crippen LogP contribution is 2.53. The molecule has 0 aromatic heterocycles. The molecule has 2 fully saturated rings. The first-order valence-corrected chi connectivity index (χ1v) is 11.0. The van der Waals surface area contributed by atoms with Crippen LogP contribution in [0.5, 0.6) is 11.5 Å². The topological polar surface area (TPSA) is 111 Å². The van der Waals surface area contributed by atoms with Crippen molar-refractivity contribution in [1.82, 2.24) is 4.90 Å². The molecule has 0 unspecified atom stereocenters. The Hall–Kier alpha value is -2.32. The average Bonchev–Trinajstić information content (AvgIpc) is 2.74. The van der Waals surface area contributed by atoms with E-state index >= 15 is 0 Å². The number of aliphatic carboxylic acids is 1. The van der Waals surface area contributed by atoms with E-state index in [4.69, 9.17) is 25.1 Å². The van der Waals surface area contributed by atoms with Gasteiger partial charge < -0.3 is 30.0 Å². The summed E-state index contributed by atoms with van der Waals surface area (Å²) in [5.74, 6) is 0.817. The van der Waals surface area contributed by atoms with E-state index in [1.54, 1.807) is 12.0 Å². The van der Waals surface area contributed by atoms with Gasteiger partial charge in [0.05, 0.1) is 25.4 Å². The smallest absolute Gasteiger partial charge is 0.303 e. The van der Waals surface area contributed by atoms with Crippen LogP contribution < -0.4 is 15.2 Å². The van der Waals surface area contributed by atoms with E-state index in [-0.39, 0.29) is 42.8 Å². The van der Waals surface area contributed by atoms with Crippen molar-refractivity contribution in [3.63, 3.8) is 0 Å². The van der Waals surface area contributed by atoms with Crippen LogP contribution in [0.1, 0.15) is 51.2 Å². The molecule has 4 rings (SSSR count). The predicted molar refractivity (Wildman–Crippen MR) is 113 cm³/mol. The number of hydrogen-bond donors (Lipinski definition) is 2. The largest absolute Gasteiger partial charge is 0.497 e. The highest BCUT2D eigenvalue weighted by Gasteiger charge is 2.51. The predicted octanol–water partition coefficient (Wildman–Crippen LogP) is 2.35. The Morgan fingerprint density at radius 3 is 2.87 bits per heavy atom. The van der Waals surface area contributed by atoms with Gasteiger partial charge in [0.1, 0.15) is 17.1 Å². The summed E-state index contributed by atoms with van der Waals surface area (Å²) in [5, 5.41) is 8.85. The van der Waals surface area contributed by atoms with Gasteiger partial charge in [-0.1, -0.05) is 0 Å². The molecule has 0 saturated carbocycles. The van der Waals surface area contributed by atoms with Crippen LogP contribution in [0.15, 0.2) is 18.2 Å². The van der Waals surface area contributed by atoms with Gasteiger partial charge in [0.15, 0.2) is 0 Å². The maximum absolute atomic E-state index is 12.7. The third-order valence-corrected chi connectivity index (χ3v) is 7.00. The Balaban J connectivity index is 1.48. The molecule has 1 aromatic rings. The van der Waals surface area contributed by atoms with Crippen molar-refractivity contribution in [2.45, 2.75) is 63.4 Å². The molecule has 31 heavy (non-hydrogen) atoms. The number of fused-ring (bicyclic) bond motifs is 4. The molecule has 3 aliphatic heterocycles. The monoisotopic (exact) mass is 432 g/mol. The number of amides is 1. The number of piperidine rings is 1. The second-order valence-electron chi connectivity index (χ2n) is 9.42. The molecular weight excluding hydrogens is 400 g/mol. The fourth-order valence-electron chi connectivity index (χ4n) is 5.25. The zero-order valence-electron chi connectivity index (χ0n) is 18.4. The minimum atomic E-state index is -0.939. The minimum absolute atomic E-state index is 0.0500. The molecule has 3 aliphatic rings. The fourth-order valence-corrected chi connectivity index (χ4v) is 5.25. The van der Waals surface area contributed by atoms with Crippen LogP contribution >= 0.6 is 0 Å².